The summed E-state index contributed by atoms with van der Waals surface area (Å²) < 4.78 is 18.4. The van der Waals surface area contributed by atoms with Gasteiger partial charge in [-0.15, -0.1) is 0 Å². The number of amides is 1. The van der Waals surface area contributed by atoms with E-state index in [1.54, 1.807) is 12.1 Å². The van der Waals surface area contributed by atoms with E-state index in [1.165, 1.54) is 12.1 Å². The molecule has 0 bridgehead atoms. The van der Waals surface area contributed by atoms with Gasteiger partial charge in [-0.2, -0.15) is 0 Å². The second kappa shape index (κ2) is 5.31. The van der Waals surface area contributed by atoms with E-state index in [-0.39, 0.29) is 17.6 Å². The average molecular weight is 288 g/mol. The fourth-order valence-electron chi connectivity index (χ4n) is 2.60. The molecule has 1 aliphatic rings. The third-order valence-electron chi connectivity index (χ3n) is 3.75. The van der Waals surface area contributed by atoms with Gasteiger partial charge in [0.1, 0.15) is 17.3 Å². The van der Waals surface area contributed by atoms with Gasteiger partial charge in [0.05, 0.1) is 6.54 Å². The first kappa shape index (κ1) is 13.8. The molecule has 1 amide bonds. The number of carbonyl (C=O) groups excluding carboxylic acids is 1. The van der Waals surface area contributed by atoms with Crippen molar-refractivity contribution in [1.82, 2.24) is 10.1 Å². The Morgan fingerprint density at radius 1 is 1.33 bits per heavy atom. The van der Waals surface area contributed by atoms with Crippen LogP contribution in [0.1, 0.15) is 25.2 Å². The molecule has 1 aliphatic heterocycles. The second-order valence-electron chi connectivity index (χ2n) is 5.60. The molecule has 4 nitrogen and oxygen atoms in total. The molecule has 0 aliphatic carbocycles. The highest BCUT2D eigenvalue weighted by atomic mass is 19.1. The minimum atomic E-state index is -0.285. The highest BCUT2D eigenvalue weighted by Crippen LogP contribution is 2.30. The summed E-state index contributed by atoms with van der Waals surface area (Å²) >= 11 is 0. The van der Waals surface area contributed by atoms with E-state index >= 15 is 0 Å². The maximum Gasteiger partial charge on any atom is 0.225 e. The minimum absolute atomic E-state index is 0.0271. The molecule has 5 heteroatoms. The van der Waals surface area contributed by atoms with Gasteiger partial charge in [0, 0.05) is 30.0 Å². The van der Waals surface area contributed by atoms with Gasteiger partial charge >= 0.3 is 0 Å². The van der Waals surface area contributed by atoms with E-state index in [9.17, 15) is 9.18 Å². The van der Waals surface area contributed by atoms with Gasteiger partial charge in [0.25, 0.3) is 0 Å². The van der Waals surface area contributed by atoms with Gasteiger partial charge in [-0.05, 0) is 24.3 Å². The van der Waals surface area contributed by atoms with Crippen molar-refractivity contribution in [3.63, 3.8) is 0 Å². The Balaban J connectivity index is 1.92. The number of halogens is 1. The number of rotatable bonds is 2. The van der Waals surface area contributed by atoms with Crippen LogP contribution < -0.4 is 0 Å². The fraction of sp³-hybridized carbons (Fsp3) is 0.375. The summed E-state index contributed by atoms with van der Waals surface area (Å²) in [6.45, 7) is 4.95. The molecule has 21 heavy (non-hydrogen) atoms. The van der Waals surface area contributed by atoms with Gasteiger partial charge in [0.15, 0.2) is 0 Å². The Morgan fingerprint density at radius 3 is 2.71 bits per heavy atom. The second-order valence-corrected chi connectivity index (χ2v) is 5.60. The molecule has 0 fully saturated rings. The van der Waals surface area contributed by atoms with Crippen molar-refractivity contribution >= 4 is 5.91 Å². The van der Waals surface area contributed by atoms with Crippen LogP contribution in [-0.2, 0) is 17.8 Å². The van der Waals surface area contributed by atoms with Gasteiger partial charge in [-0.3, -0.25) is 4.79 Å². The summed E-state index contributed by atoms with van der Waals surface area (Å²) in [5.41, 5.74) is 2.44. The number of benzene rings is 1. The first-order valence-corrected chi connectivity index (χ1v) is 7.08. The molecule has 1 aromatic carbocycles. The standard InChI is InChI=1S/C16H17FN2O2/c1-10(2)16(20)19-8-7-14-13(9-19)15(18-21-14)11-3-5-12(17)6-4-11/h3-6,10H,7-9H2,1-2H3. The highest BCUT2D eigenvalue weighted by Gasteiger charge is 2.28. The number of fused-ring (bicyclic) bond motifs is 1. The zero-order valence-electron chi connectivity index (χ0n) is 12.1. The Morgan fingerprint density at radius 2 is 2.05 bits per heavy atom. The maximum absolute atomic E-state index is 13.0. The first-order chi connectivity index (χ1) is 10.1. The molecular formula is C16H17FN2O2. The first-order valence-electron chi connectivity index (χ1n) is 7.08. The zero-order chi connectivity index (χ0) is 15.0. The lowest BCUT2D eigenvalue weighted by molar-refractivity contribution is -0.135. The minimum Gasteiger partial charge on any atom is -0.360 e. The SMILES string of the molecule is CC(C)C(=O)N1CCc2onc(-c3ccc(F)cc3)c2C1. The Kier molecular flexibility index (Phi) is 3.49. The van der Waals surface area contributed by atoms with Gasteiger partial charge in [-0.1, -0.05) is 19.0 Å². The van der Waals surface area contributed by atoms with Crippen molar-refractivity contribution < 1.29 is 13.7 Å². The van der Waals surface area contributed by atoms with Crippen molar-refractivity contribution in [3.8, 4) is 11.3 Å². The molecule has 0 saturated heterocycles. The lowest BCUT2D eigenvalue weighted by Gasteiger charge is -2.27. The van der Waals surface area contributed by atoms with E-state index in [1.807, 2.05) is 18.7 Å². The van der Waals surface area contributed by atoms with Crippen LogP contribution in [0.2, 0.25) is 0 Å². The van der Waals surface area contributed by atoms with E-state index in [0.717, 1.165) is 16.9 Å². The number of hydrogen-bond donors (Lipinski definition) is 0. The van der Waals surface area contributed by atoms with E-state index in [4.69, 9.17) is 4.52 Å². The molecular weight excluding hydrogens is 271 g/mol. The van der Waals surface area contributed by atoms with Gasteiger partial charge < -0.3 is 9.42 Å². The van der Waals surface area contributed by atoms with Crippen LogP contribution in [0.25, 0.3) is 11.3 Å². The molecule has 0 saturated carbocycles. The third kappa shape index (κ3) is 2.55. The van der Waals surface area contributed by atoms with Crippen LogP contribution in [-0.4, -0.2) is 22.5 Å². The van der Waals surface area contributed by atoms with Crippen LogP contribution in [0.5, 0.6) is 0 Å². The molecule has 2 aromatic rings. The molecule has 0 unspecified atom stereocenters. The molecule has 0 spiro atoms. The van der Waals surface area contributed by atoms with Crippen molar-refractivity contribution in [1.29, 1.82) is 0 Å². The number of carbonyl (C=O) groups is 1. The summed E-state index contributed by atoms with van der Waals surface area (Å²) in [4.78, 5) is 14.0. The molecule has 3 rings (SSSR count). The third-order valence-corrected chi connectivity index (χ3v) is 3.75. The van der Waals surface area contributed by atoms with Crippen molar-refractivity contribution in [2.45, 2.75) is 26.8 Å². The van der Waals surface area contributed by atoms with E-state index in [2.05, 4.69) is 5.16 Å². The zero-order valence-corrected chi connectivity index (χ0v) is 12.1. The predicted octanol–water partition coefficient (Wildman–Crippen LogP) is 3.02. The van der Waals surface area contributed by atoms with Crippen molar-refractivity contribution in [3.05, 3.63) is 41.4 Å². The molecule has 0 atom stereocenters. The number of aromatic nitrogens is 1. The Labute approximate surface area is 122 Å². The number of hydrogen-bond acceptors (Lipinski definition) is 3. The van der Waals surface area contributed by atoms with Gasteiger partial charge in [0.2, 0.25) is 5.91 Å². The molecule has 0 N–H and O–H groups in total. The van der Waals surface area contributed by atoms with Crippen LogP contribution in [0.4, 0.5) is 4.39 Å². The average Bonchev–Trinajstić information content (AvgIpc) is 2.90. The van der Waals surface area contributed by atoms with Crippen LogP contribution in [0.3, 0.4) is 0 Å². The summed E-state index contributed by atoms with van der Waals surface area (Å²) in [7, 11) is 0. The molecule has 2 heterocycles. The maximum atomic E-state index is 13.0. The molecule has 110 valence electrons. The Bertz CT molecular complexity index is 661. The van der Waals surface area contributed by atoms with Gasteiger partial charge in [-0.25, -0.2) is 4.39 Å². The number of nitrogens with zero attached hydrogens (tertiary/aromatic N) is 2. The van der Waals surface area contributed by atoms with E-state index < -0.39 is 0 Å². The normalized spacial score (nSPS) is 14.4. The Hall–Kier alpha value is -2.17. The fourth-order valence-corrected chi connectivity index (χ4v) is 2.60. The predicted molar refractivity (Wildman–Crippen MR) is 75.9 cm³/mol. The smallest absolute Gasteiger partial charge is 0.225 e. The van der Waals surface area contributed by atoms with Crippen LogP contribution in [0, 0.1) is 11.7 Å². The van der Waals surface area contributed by atoms with Crippen molar-refractivity contribution in [2.75, 3.05) is 6.54 Å². The quantitative estimate of drug-likeness (QED) is 0.853. The van der Waals surface area contributed by atoms with E-state index in [0.29, 0.717) is 25.2 Å². The summed E-state index contributed by atoms with van der Waals surface area (Å²) in [5, 5.41) is 4.10. The summed E-state index contributed by atoms with van der Waals surface area (Å²) in [5.74, 6) is 0.641. The summed E-state index contributed by atoms with van der Waals surface area (Å²) in [6.07, 6.45) is 0.669. The molecule has 0 radical (unpaired) electrons. The van der Waals surface area contributed by atoms with Crippen LogP contribution >= 0.6 is 0 Å². The monoisotopic (exact) mass is 288 g/mol. The molecule has 1 aromatic heterocycles. The van der Waals surface area contributed by atoms with Crippen molar-refractivity contribution in [2.24, 2.45) is 5.92 Å². The van der Waals surface area contributed by atoms with Crippen LogP contribution in [0.15, 0.2) is 28.8 Å². The lowest BCUT2D eigenvalue weighted by Crippen LogP contribution is -2.38. The topological polar surface area (TPSA) is 46.3 Å². The largest absolute Gasteiger partial charge is 0.360 e. The lowest BCUT2D eigenvalue weighted by atomic mass is 10.0. The summed E-state index contributed by atoms with van der Waals surface area (Å²) in [6, 6.07) is 6.15. The highest BCUT2D eigenvalue weighted by molar-refractivity contribution is 5.79.